The fourth-order valence-corrected chi connectivity index (χ4v) is 2.55. The lowest BCUT2D eigenvalue weighted by Gasteiger charge is -2.05. The SMILES string of the molecule is N#C/C(=C\c1ccc(-c2ccccc2)o1)C(=O)Nc1ccc(Cl)c(Cl)c1. The Hall–Kier alpha value is -3.00. The third-order valence-electron chi connectivity index (χ3n) is 3.51. The molecule has 0 atom stereocenters. The molecule has 0 aliphatic carbocycles. The van der Waals surface area contributed by atoms with Crippen molar-refractivity contribution in [2.75, 3.05) is 5.32 Å². The summed E-state index contributed by atoms with van der Waals surface area (Å²) in [5, 5.41) is 12.6. The Morgan fingerprint density at radius 1 is 1.04 bits per heavy atom. The first-order valence-electron chi connectivity index (χ1n) is 7.60. The summed E-state index contributed by atoms with van der Waals surface area (Å²) in [6.45, 7) is 0. The van der Waals surface area contributed by atoms with Crippen molar-refractivity contribution in [2.24, 2.45) is 0 Å². The molecule has 0 unspecified atom stereocenters. The predicted molar refractivity (Wildman–Crippen MR) is 103 cm³/mol. The summed E-state index contributed by atoms with van der Waals surface area (Å²) in [5.74, 6) is 0.493. The number of benzene rings is 2. The minimum absolute atomic E-state index is 0.0926. The van der Waals surface area contributed by atoms with Crippen LogP contribution in [0.15, 0.2) is 70.7 Å². The lowest BCUT2D eigenvalue weighted by molar-refractivity contribution is -0.112. The van der Waals surface area contributed by atoms with Gasteiger partial charge in [-0.3, -0.25) is 4.79 Å². The van der Waals surface area contributed by atoms with Crippen molar-refractivity contribution in [3.05, 3.63) is 82.0 Å². The smallest absolute Gasteiger partial charge is 0.266 e. The van der Waals surface area contributed by atoms with E-state index in [9.17, 15) is 10.1 Å². The standard InChI is InChI=1S/C20H12Cl2N2O2/c21-17-8-6-15(11-18(17)22)24-20(25)14(12-23)10-16-7-9-19(26-16)13-4-2-1-3-5-13/h1-11H,(H,24,25)/b14-10+. The Bertz CT molecular complexity index is 1020. The first kappa shape index (κ1) is 17.8. The topological polar surface area (TPSA) is 66.0 Å². The van der Waals surface area contributed by atoms with E-state index in [1.165, 1.54) is 12.1 Å². The summed E-state index contributed by atoms with van der Waals surface area (Å²) in [7, 11) is 0. The first-order valence-corrected chi connectivity index (χ1v) is 8.36. The molecule has 0 saturated carbocycles. The maximum absolute atomic E-state index is 12.3. The largest absolute Gasteiger partial charge is 0.457 e. The van der Waals surface area contributed by atoms with Crippen LogP contribution in [0, 0.1) is 11.3 Å². The predicted octanol–water partition coefficient (Wildman–Crippen LogP) is 5.80. The van der Waals surface area contributed by atoms with Gasteiger partial charge in [0.05, 0.1) is 10.0 Å². The molecule has 1 amide bonds. The summed E-state index contributed by atoms with van der Waals surface area (Å²) in [4.78, 5) is 12.3. The third-order valence-corrected chi connectivity index (χ3v) is 4.25. The van der Waals surface area contributed by atoms with E-state index in [-0.39, 0.29) is 5.57 Å². The number of anilines is 1. The van der Waals surface area contributed by atoms with Gasteiger partial charge in [0.15, 0.2) is 0 Å². The number of nitrogens with zero attached hydrogens (tertiary/aromatic N) is 1. The van der Waals surface area contributed by atoms with Gasteiger partial charge >= 0.3 is 0 Å². The van der Waals surface area contributed by atoms with E-state index in [0.717, 1.165) is 5.56 Å². The van der Waals surface area contributed by atoms with E-state index in [4.69, 9.17) is 27.6 Å². The van der Waals surface area contributed by atoms with Gasteiger partial charge in [0, 0.05) is 17.3 Å². The molecule has 0 aliphatic rings. The molecule has 0 saturated heterocycles. The molecule has 1 heterocycles. The normalized spacial score (nSPS) is 11.0. The highest BCUT2D eigenvalue weighted by atomic mass is 35.5. The van der Waals surface area contributed by atoms with Gasteiger partial charge in [-0.05, 0) is 30.3 Å². The summed E-state index contributed by atoms with van der Waals surface area (Å²) < 4.78 is 5.69. The molecule has 128 valence electrons. The van der Waals surface area contributed by atoms with Gasteiger partial charge in [-0.15, -0.1) is 0 Å². The van der Waals surface area contributed by atoms with Crippen LogP contribution in [0.4, 0.5) is 5.69 Å². The monoisotopic (exact) mass is 382 g/mol. The average Bonchev–Trinajstić information content (AvgIpc) is 3.12. The molecule has 3 rings (SSSR count). The van der Waals surface area contributed by atoms with Crippen LogP contribution in [0.3, 0.4) is 0 Å². The zero-order valence-electron chi connectivity index (χ0n) is 13.4. The number of nitrogens with one attached hydrogen (secondary N) is 1. The Balaban J connectivity index is 1.80. The molecule has 4 nitrogen and oxygen atoms in total. The van der Waals surface area contributed by atoms with Crippen LogP contribution in [-0.4, -0.2) is 5.91 Å². The van der Waals surface area contributed by atoms with Crippen LogP contribution in [0.5, 0.6) is 0 Å². The van der Waals surface area contributed by atoms with Gasteiger partial charge in [0.25, 0.3) is 5.91 Å². The van der Waals surface area contributed by atoms with E-state index in [2.05, 4.69) is 5.32 Å². The fourth-order valence-electron chi connectivity index (χ4n) is 2.25. The number of rotatable bonds is 4. The number of hydrogen-bond donors (Lipinski definition) is 1. The molecular weight excluding hydrogens is 371 g/mol. The molecule has 0 radical (unpaired) electrons. The number of halogens is 2. The number of amides is 1. The maximum atomic E-state index is 12.3. The van der Waals surface area contributed by atoms with E-state index in [1.807, 2.05) is 36.4 Å². The second-order valence-corrected chi connectivity index (χ2v) is 6.14. The number of carbonyl (C=O) groups excluding carboxylic acids is 1. The van der Waals surface area contributed by atoms with Crippen LogP contribution in [-0.2, 0) is 4.79 Å². The minimum atomic E-state index is -0.566. The minimum Gasteiger partial charge on any atom is -0.457 e. The van der Waals surface area contributed by atoms with Gasteiger partial charge in [-0.25, -0.2) is 0 Å². The molecule has 3 aromatic rings. The molecule has 0 bridgehead atoms. The number of hydrogen-bond acceptors (Lipinski definition) is 3. The van der Waals surface area contributed by atoms with Crippen LogP contribution in [0.25, 0.3) is 17.4 Å². The summed E-state index contributed by atoms with van der Waals surface area (Å²) >= 11 is 11.8. The molecular formula is C20H12Cl2N2O2. The van der Waals surface area contributed by atoms with Crippen LogP contribution in [0.2, 0.25) is 10.0 Å². The Kier molecular flexibility index (Phi) is 5.43. The van der Waals surface area contributed by atoms with Crippen molar-refractivity contribution < 1.29 is 9.21 Å². The zero-order valence-corrected chi connectivity index (χ0v) is 14.9. The van der Waals surface area contributed by atoms with E-state index < -0.39 is 5.91 Å². The highest BCUT2D eigenvalue weighted by Gasteiger charge is 2.12. The number of furan rings is 1. The molecule has 1 N–H and O–H groups in total. The second-order valence-electron chi connectivity index (χ2n) is 5.32. The van der Waals surface area contributed by atoms with Gasteiger partial charge in [-0.1, -0.05) is 53.5 Å². The molecule has 26 heavy (non-hydrogen) atoms. The van der Waals surface area contributed by atoms with Crippen LogP contribution >= 0.6 is 23.2 Å². The van der Waals surface area contributed by atoms with Crippen LogP contribution in [0.1, 0.15) is 5.76 Å². The molecule has 2 aromatic carbocycles. The lowest BCUT2D eigenvalue weighted by atomic mass is 10.2. The Morgan fingerprint density at radius 3 is 2.50 bits per heavy atom. The van der Waals surface area contributed by atoms with Gasteiger partial charge in [-0.2, -0.15) is 5.26 Å². The highest BCUT2D eigenvalue weighted by molar-refractivity contribution is 6.42. The van der Waals surface area contributed by atoms with Crippen molar-refractivity contribution in [3.63, 3.8) is 0 Å². The third kappa shape index (κ3) is 4.15. The van der Waals surface area contributed by atoms with E-state index in [0.29, 0.717) is 27.3 Å². The summed E-state index contributed by atoms with van der Waals surface area (Å²) in [5.41, 5.74) is 1.26. The van der Waals surface area contributed by atoms with E-state index in [1.54, 1.807) is 24.3 Å². The lowest BCUT2D eigenvalue weighted by Crippen LogP contribution is -2.13. The zero-order chi connectivity index (χ0) is 18.5. The fraction of sp³-hybridized carbons (Fsp3) is 0. The molecule has 0 fully saturated rings. The number of nitriles is 1. The molecule has 1 aromatic heterocycles. The summed E-state index contributed by atoms with van der Waals surface area (Å²) in [6, 6.07) is 19.6. The highest BCUT2D eigenvalue weighted by Crippen LogP contribution is 2.26. The average molecular weight is 383 g/mol. The quantitative estimate of drug-likeness (QED) is 0.457. The van der Waals surface area contributed by atoms with Gasteiger partial charge < -0.3 is 9.73 Å². The van der Waals surface area contributed by atoms with Crippen molar-refractivity contribution >= 4 is 40.9 Å². The molecule has 6 heteroatoms. The Labute approximate surface area is 160 Å². The maximum Gasteiger partial charge on any atom is 0.266 e. The van der Waals surface area contributed by atoms with Gasteiger partial charge in [0.2, 0.25) is 0 Å². The molecule has 0 spiro atoms. The van der Waals surface area contributed by atoms with Crippen molar-refractivity contribution in [1.29, 1.82) is 5.26 Å². The van der Waals surface area contributed by atoms with Crippen molar-refractivity contribution in [3.8, 4) is 17.4 Å². The van der Waals surface area contributed by atoms with E-state index >= 15 is 0 Å². The number of carbonyl (C=O) groups is 1. The Morgan fingerprint density at radius 2 is 1.81 bits per heavy atom. The van der Waals surface area contributed by atoms with Gasteiger partial charge in [0.1, 0.15) is 23.2 Å². The van der Waals surface area contributed by atoms with Crippen molar-refractivity contribution in [2.45, 2.75) is 0 Å². The summed E-state index contributed by atoms with van der Waals surface area (Å²) in [6.07, 6.45) is 1.39. The van der Waals surface area contributed by atoms with Crippen LogP contribution < -0.4 is 5.32 Å². The van der Waals surface area contributed by atoms with Crippen molar-refractivity contribution in [1.82, 2.24) is 0 Å². The second kappa shape index (κ2) is 7.92. The molecule has 0 aliphatic heterocycles. The first-order chi connectivity index (χ1) is 12.6.